The molecule has 1 aliphatic carbocycles. The average Bonchev–Trinajstić information content (AvgIpc) is 2.69. The molecule has 0 radical (unpaired) electrons. The number of hydrogen-bond donors (Lipinski definition) is 2. The van der Waals surface area contributed by atoms with Crippen molar-refractivity contribution in [2.24, 2.45) is 17.2 Å². The Hall–Kier alpha value is -1.00. The van der Waals surface area contributed by atoms with Gasteiger partial charge in [0.25, 0.3) is 0 Å². The van der Waals surface area contributed by atoms with Crippen LogP contribution in [0.2, 0.25) is 0 Å². The van der Waals surface area contributed by atoms with Crippen LogP contribution >= 0.6 is 0 Å². The molecule has 0 aliphatic heterocycles. The molecule has 2 nitrogen and oxygen atoms in total. The molecule has 19 heavy (non-hydrogen) atoms. The Morgan fingerprint density at radius 2 is 2.00 bits per heavy atom. The van der Waals surface area contributed by atoms with Gasteiger partial charge in [0.15, 0.2) is 0 Å². The lowest BCUT2D eigenvalue weighted by molar-refractivity contribution is 0.194. The van der Waals surface area contributed by atoms with Gasteiger partial charge in [-0.2, -0.15) is 0 Å². The van der Waals surface area contributed by atoms with Crippen molar-refractivity contribution in [2.45, 2.75) is 45.6 Å². The molecule has 3 N–H and O–H groups in total. The molecular formula is C15H22F2N2. The molecule has 1 fully saturated rings. The molecule has 106 valence electrons. The van der Waals surface area contributed by atoms with Crippen molar-refractivity contribution in [3.8, 4) is 0 Å². The summed E-state index contributed by atoms with van der Waals surface area (Å²) >= 11 is 0. The lowest BCUT2D eigenvalue weighted by Crippen LogP contribution is -2.46. The Kier molecular flexibility index (Phi) is 4.21. The van der Waals surface area contributed by atoms with Gasteiger partial charge in [-0.3, -0.25) is 11.3 Å². The Labute approximate surface area is 113 Å². The van der Waals surface area contributed by atoms with E-state index in [4.69, 9.17) is 5.84 Å². The van der Waals surface area contributed by atoms with Gasteiger partial charge < -0.3 is 0 Å². The molecule has 1 aliphatic rings. The number of nitrogens with two attached hydrogens (primary N) is 1. The fourth-order valence-electron chi connectivity index (χ4n) is 3.36. The summed E-state index contributed by atoms with van der Waals surface area (Å²) < 4.78 is 27.4. The van der Waals surface area contributed by atoms with Crippen molar-refractivity contribution < 1.29 is 8.78 Å². The van der Waals surface area contributed by atoms with Gasteiger partial charge in [-0.15, -0.1) is 0 Å². The minimum absolute atomic E-state index is 0.0936. The van der Waals surface area contributed by atoms with Crippen LogP contribution in [0, 0.1) is 23.0 Å². The Morgan fingerprint density at radius 1 is 1.37 bits per heavy atom. The molecule has 2 rings (SSSR count). The third kappa shape index (κ3) is 2.95. The summed E-state index contributed by atoms with van der Waals surface area (Å²) in [7, 11) is 0. The SMILES string of the molecule is CC1(C)CCCC1C(Cc1c(F)cccc1F)NN. The standard InChI is InChI=1S/C15H22F2N2/c1-15(2)8-4-5-11(15)14(19-18)9-10-12(16)6-3-7-13(10)17/h3,6-7,11,14,19H,4-5,8-9,18H2,1-2H3. The second-order valence-corrected chi connectivity index (χ2v) is 6.16. The fraction of sp³-hybridized carbons (Fsp3) is 0.600. The molecule has 2 unspecified atom stereocenters. The van der Waals surface area contributed by atoms with E-state index in [-0.39, 0.29) is 17.0 Å². The summed E-state index contributed by atoms with van der Waals surface area (Å²) in [5.41, 5.74) is 3.07. The molecule has 1 saturated carbocycles. The van der Waals surface area contributed by atoms with Crippen molar-refractivity contribution in [3.05, 3.63) is 35.4 Å². The second-order valence-electron chi connectivity index (χ2n) is 6.16. The van der Waals surface area contributed by atoms with E-state index in [1.54, 1.807) is 0 Å². The quantitative estimate of drug-likeness (QED) is 0.650. The molecule has 0 bridgehead atoms. The summed E-state index contributed by atoms with van der Waals surface area (Å²) in [6.07, 6.45) is 3.63. The zero-order chi connectivity index (χ0) is 14.0. The summed E-state index contributed by atoms with van der Waals surface area (Å²) in [6, 6.07) is 3.89. The van der Waals surface area contributed by atoms with Crippen molar-refractivity contribution in [1.29, 1.82) is 0 Å². The summed E-state index contributed by atoms with van der Waals surface area (Å²) in [6.45, 7) is 4.40. The lowest BCUT2D eigenvalue weighted by Gasteiger charge is -2.34. The molecule has 0 aromatic heterocycles. The van der Waals surface area contributed by atoms with E-state index in [0.717, 1.165) is 19.3 Å². The van der Waals surface area contributed by atoms with Crippen molar-refractivity contribution >= 4 is 0 Å². The first-order valence-electron chi connectivity index (χ1n) is 6.84. The number of halogens is 2. The van der Waals surface area contributed by atoms with Crippen LogP contribution in [0.1, 0.15) is 38.7 Å². The summed E-state index contributed by atoms with van der Waals surface area (Å²) in [5.74, 6) is 4.99. The Morgan fingerprint density at radius 3 is 2.47 bits per heavy atom. The van der Waals surface area contributed by atoms with Crippen LogP contribution in [0.15, 0.2) is 18.2 Å². The highest BCUT2D eigenvalue weighted by Crippen LogP contribution is 2.44. The Balaban J connectivity index is 2.20. The van der Waals surface area contributed by atoms with Crippen LogP contribution in [-0.4, -0.2) is 6.04 Å². The molecule has 4 heteroatoms. The van der Waals surface area contributed by atoms with Gasteiger partial charge in [0.2, 0.25) is 0 Å². The van der Waals surface area contributed by atoms with E-state index in [1.807, 2.05) is 0 Å². The van der Waals surface area contributed by atoms with Crippen molar-refractivity contribution in [1.82, 2.24) is 5.43 Å². The van der Waals surface area contributed by atoms with E-state index in [2.05, 4.69) is 19.3 Å². The third-order valence-electron chi connectivity index (χ3n) is 4.53. The third-order valence-corrected chi connectivity index (χ3v) is 4.53. The van der Waals surface area contributed by atoms with Gasteiger partial charge in [0, 0.05) is 11.6 Å². The van der Waals surface area contributed by atoms with Crippen LogP contribution in [0.3, 0.4) is 0 Å². The molecule has 0 amide bonds. The monoisotopic (exact) mass is 268 g/mol. The first-order chi connectivity index (χ1) is 8.95. The predicted molar refractivity (Wildman–Crippen MR) is 72.3 cm³/mol. The molecule has 0 heterocycles. The minimum Gasteiger partial charge on any atom is -0.271 e. The van der Waals surface area contributed by atoms with Gasteiger partial charge in [-0.05, 0) is 42.7 Å². The van der Waals surface area contributed by atoms with E-state index < -0.39 is 11.6 Å². The van der Waals surface area contributed by atoms with E-state index in [1.165, 1.54) is 18.2 Å². The van der Waals surface area contributed by atoms with Gasteiger partial charge in [-0.25, -0.2) is 8.78 Å². The summed E-state index contributed by atoms with van der Waals surface area (Å²) in [5, 5.41) is 0. The van der Waals surface area contributed by atoms with Crippen LogP contribution in [-0.2, 0) is 6.42 Å². The number of rotatable bonds is 4. The van der Waals surface area contributed by atoms with Crippen LogP contribution in [0.4, 0.5) is 8.78 Å². The zero-order valence-electron chi connectivity index (χ0n) is 11.5. The highest BCUT2D eigenvalue weighted by atomic mass is 19.1. The molecule has 1 aromatic carbocycles. The highest BCUT2D eigenvalue weighted by molar-refractivity contribution is 5.21. The fourth-order valence-corrected chi connectivity index (χ4v) is 3.36. The minimum atomic E-state index is -0.490. The highest BCUT2D eigenvalue weighted by Gasteiger charge is 2.39. The Bertz CT molecular complexity index is 426. The first kappa shape index (κ1) is 14.4. The van der Waals surface area contributed by atoms with Gasteiger partial charge in [0.05, 0.1) is 0 Å². The topological polar surface area (TPSA) is 38.0 Å². The predicted octanol–water partition coefficient (Wildman–Crippen LogP) is 3.17. The van der Waals surface area contributed by atoms with Gasteiger partial charge >= 0.3 is 0 Å². The van der Waals surface area contributed by atoms with Crippen LogP contribution in [0.25, 0.3) is 0 Å². The normalized spacial score (nSPS) is 23.5. The molecular weight excluding hydrogens is 246 g/mol. The smallest absolute Gasteiger partial charge is 0.129 e. The lowest BCUT2D eigenvalue weighted by atomic mass is 9.76. The molecule has 2 atom stereocenters. The largest absolute Gasteiger partial charge is 0.271 e. The maximum Gasteiger partial charge on any atom is 0.129 e. The van der Waals surface area contributed by atoms with Crippen molar-refractivity contribution in [3.63, 3.8) is 0 Å². The number of nitrogens with one attached hydrogen (secondary N) is 1. The number of hydrazine groups is 1. The van der Waals surface area contributed by atoms with E-state index >= 15 is 0 Å². The van der Waals surface area contributed by atoms with E-state index in [0.29, 0.717) is 12.3 Å². The maximum atomic E-state index is 13.7. The van der Waals surface area contributed by atoms with Crippen LogP contribution in [0.5, 0.6) is 0 Å². The molecule has 0 saturated heterocycles. The maximum absolute atomic E-state index is 13.7. The van der Waals surface area contributed by atoms with Gasteiger partial charge in [0.1, 0.15) is 11.6 Å². The van der Waals surface area contributed by atoms with E-state index in [9.17, 15) is 8.78 Å². The molecule has 1 aromatic rings. The van der Waals surface area contributed by atoms with Gasteiger partial charge in [-0.1, -0.05) is 26.3 Å². The second kappa shape index (κ2) is 5.55. The number of benzene rings is 1. The molecule has 0 spiro atoms. The zero-order valence-corrected chi connectivity index (χ0v) is 11.5. The van der Waals surface area contributed by atoms with Crippen molar-refractivity contribution in [2.75, 3.05) is 0 Å². The van der Waals surface area contributed by atoms with Crippen LogP contribution < -0.4 is 11.3 Å². The average molecular weight is 268 g/mol. The summed E-state index contributed by atoms with van der Waals surface area (Å²) in [4.78, 5) is 0. The first-order valence-corrected chi connectivity index (χ1v) is 6.84. The number of hydrogen-bond acceptors (Lipinski definition) is 2.